The number of aromatic nitrogens is 2. The van der Waals surface area contributed by atoms with Crippen LogP contribution in [0.4, 0.5) is 5.82 Å². The number of rotatable bonds is 6. The van der Waals surface area contributed by atoms with Gasteiger partial charge in [0, 0.05) is 37.9 Å². The van der Waals surface area contributed by atoms with Gasteiger partial charge in [-0.3, -0.25) is 4.79 Å². The monoisotopic (exact) mass is 372 g/mol. The number of carbonyl (C=O) groups excluding carboxylic acids is 1. The molecular weight excluding hydrogens is 340 g/mol. The summed E-state index contributed by atoms with van der Waals surface area (Å²) in [6.07, 6.45) is 5.92. The summed E-state index contributed by atoms with van der Waals surface area (Å²) < 4.78 is 6.51. The Hall–Kier alpha value is -1.69. The van der Waals surface area contributed by atoms with Crippen LogP contribution >= 0.6 is 0 Å². The second-order valence-electron chi connectivity index (χ2n) is 9.12. The maximum absolute atomic E-state index is 12.2. The Morgan fingerprint density at radius 1 is 1.44 bits per heavy atom. The zero-order chi connectivity index (χ0) is 19.2. The first-order valence-electron chi connectivity index (χ1n) is 10.4. The van der Waals surface area contributed by atoms with E-state index in [9.17, 15) is 4.79 Å². The van der Waals surface area contributed by atoms with Gasteiger partial charge >= 0.3 is 0 Å². The molecule has 1 amide bonds. The minimum Gasteiger partial charge on any atom is -0.369 e. The van der Waals surface area contributed by atoms with Crippen molar-refractivity contribution in [3.63, 3.8) is 0 Å². The zero-order valence-corrected chi connectivity index (χ0v) is 17.0. The lowest BCUT2D eigenvalue weighted by Crippen LogP contribution is -2.41. The van der Waals surface area contributed by atoms with Gasteiger partial charge in [-0.2, -0.15) is 5.10 Å². The van der Waals surface area contributed by atoms with Gasteiger partial charge < -0.3 is 15.0 Å². The Labute approximate surface area is 162 Å². The van der Waals surface area contributed by atoms with Crippen molar-refractivity contribution in [2.75, 3.05) is 24.5 Å². The van der Waals surface area contributed by atoms with Gasteiger partial charge in [-0.05, 0) is 50.2 Å². The topological polar surface area (TPSA) is 67.4 Å². The van der Waals surface area contributed by atoms with Crippen LogP contribution in [0.2, 0.25) is 0 Å². The van der Waals surface area contributed by atoms with Crippen LogP contribution < -0.4 is 10.2 Å². The normalized spacial score (nSPS) is 31.6. The van der Waals surface area contributed by atoms with Crippen LogP contribution in [0.25, 0.3) is 0 Å². The number of nitrogens with zero attached hydrogens (tertiary/aromatic N) is 3. The second kappa shape index (κ2) is 7.04. The molecule has 27 heavy (non-hydrogen) atoms. The number of hydrogen-bond acceptors (Lipinski definition) is 5. The second-order valence-corrected chi connectivity index (χ2v) is 9.12. The fourth-order valence-corrected chi connectivity index (χ4v) is 5.18. The van der Waals surface area contributed by atoms with Crippen molar-refractivity contribution in [1.82, 2.24) is 15.5 Å². The molecule has 0 aliphatic carbocycles. The van der Waals surface area contributed by atoms with Gasteiger partial charge in [0.25, 0.3) is 0 Å². The van der Waals surface area contributed by atoms with Crippen LogP contribution in [0.1, 0.15) is 50.7 Å². The van der Waals surface area contributed by atoms with Gasteiger partial charge in [0.1, 0.15) is 0 Å². The van der Waals surface area contributed by atoms with Crippen LogP contribution in [0.5, 0.6) is 0 Å². The van der Waals surface area contributed by atoms with Gasteiger partial charge in [-0.25, -0.2) is 0 Å². The number of anilines is 1. The first kappa shape index (κ1) is 18.7. The summed E-state index contributed by atoms with van der Waals surface area (Å²) in [6.45, 7) is 11.1. The molecule has 6 heteroatoms. The Balaban J connectivity index is 1.43. The fraction of sp³-hybridized carbons (Fsp3) is 0.762. The number of fused-ring (bicyclic) bond motifs is 1. The highest BCUT2D eigenvalue weighted by Gasteiger charge is 2.63. The van der Waals surface area contributed by atoms with Gasteiger partial charge in [-0.15, -0.1) is 5.10 Å². The molecule has 3 saturated heterocycles. The maximum atomic E-state index is 12.2. The van der Waals surface area contributed by atoms with Gasteiger partial charge in [-0.1, -0.05) is 13.8 Å². The number of amides is 1. The molecule has 3 aliphatic rings. The van der Waals surface area contributed by atoms with E-state index in [-0.39, 0.29) is 11.5 Å². The molecular formula is C21H32N4O2. The van der Waals surface area contributed by atoms with Crippen molar-refractivity contribution in [2.45, 2.75) is 65.1 Å². The first-order valence-corrected chi connectivity index (χ1v) is 10.4. The molecule has 1 spiro atoms. The fourth-order valence-electron chi connectivity index (χ4n) is 5.18. The number of ether oxygens (including phenoxy) is 1. The largest absolute Gasteiger partial charge is 0.369 e. The van der Waals surface area contributed by atoms with Crippen LogP contribution in [-0.2, 0) is 9.53 Å². The van der Waals surface area contributed by atoms with E-state index in [0.29, 0.717) is 30.3 Å². The van der Waals surface area contributed by atoms with Crippen molar-refractivity contribution in [3.8, 4) is 0 Å². The Bertz CT molecular complexity index is 722. The van der Waals surface area contributed by atoms with E-state index < -0.39 is 0 Å². The summed E-state index contributed by atoms with van der Waals surface area (Å²) in [6, 6.07) is 0. The quantitative estimate of drug-likeness (QED) is 0.831. The minimum absolute atomic E-state index is 0.0597. The molecule has 2 bridgehead atoms. The molecule has 3 aliphatic heterocycles. The highest BCUT2D eigenvalue weighted by Crippen LogP contribution is 2.55. The van der Waals surface area contributed by atoms with E-state index in [1.807, 2.05) is 6.20 Å². The third-order valence-corrected chi connectivity index (χ3v) is 6.90. The predicted octanol–water partition coefficient (Wildman–Crippen LogP) is 2.63. The molecule has 6 nitrogen and oxygen atoms in total. The number of carbonyl (C=O) groups is 1. The highest BCUT2D eigenvalue weighted by atomic mass is 16.5. The Kier molecular flexibility index (Phi) is 4.87. The number of nitrogens with one attached hydrogen (secondary N) is 1. The first-order chi connectivity index (χ1) is 12.9. The molecule has 1 N–H and O–H groups in total. The maximum Gasteiger partial charge on any atom is 0.220 e. The van der Waals surface area contributed by atoms with Crippen molar-refractivity contribution >= 4 is 11.7 Å². The van der Waals surface area contributed by atoms with E-state index in [0.717, 1.165) is 44.7 Å². The molecule has 4 atom stereocenters. The average Bonchev–Trinajstić information content (AvgIpc) is 3.28. The third kappa shape index (κ3) is 3.33. The van der Waals surface area contributed by atoms with Gasteiger partial charge in [0.05, 0.1) is 17.9 Å². The van der Waals surface area contributed by atoms with Crippen LogP contribution in [0.15, 0.2) is 6.20 Å². The van der Waals surface area contributed by atoms with E-state index in [1.54, 1.807) is 0 Å². The smallest absolute Gasteiger partial charge is 0.220 e. The van der Waals surface area contributed by atoms with Crippen molar-refractivity contribution < 1.29 is 9.53 Å². The summed E-state index contributed by atoms with van der Waals surface area (Å²) in [4.78, 5) is 14.5. The molecule has 1 aromatic heterocycles. The molecule has 4 rings (SSSR count). The molecule has 0 radical (unpaired) electrons. The SMILES string of the molecule is Cc1cnnc(N2C[C@@H]3[C@H](CNC(=O)CCC(C)C)[C@H]4CC[C@]3(C2)O4)c1C. The molecule has 3 fully saturated rings. The molecule has 0 saturated carbocycles. The van der Waals surface area contributed by atoms with Crippen LogP contribution in [-0.4, -0.2) is 47.4 Å². The van der Waals surface area contributed by atoms with Crippen molar-refractivity contribution in [3.05, 3.63) is 17.3 Å². The summed E-state index contributed by atoms with van der Waals surface area (Å²) >= 11 is 0. The molecule has 0 unspecified atom stereocenters. The summed E-state index contributed by atoms with van der Waals surface area (Å²) in [5, 5.41) is 11.8. The molecule has 0 aromatic carbocycles. The van der Waals surface area contributed by atoms with Crippen LogP contribution in [0.3, 0.4) is 0 Å². The number of aryl methyl sites for hydroxylation is 1. The Morgan fingerprint density at radius 3 is 3.04 bits per heavy atom. The minimum atomic E-state index is -0.0597. The van der Waals surface area contributed by atoms with E-state index >= 15 is 0 Å². The lowest BCUT2D eigenvalue weighted by atomic mass is 9.73. The Morgan fingerprint density at radius 2 is 2.26 bits per heavy atom. The van der Waals surface area contributed by atoms with Gasteiger partial charge in [0.15, 0.2) is 5.82 Å². The molecule has 1 aromatic rings. The van der Waals surface area contributed by atoms with E-state index in [2.05, 4.69) is 48.1 Å². The molecule has 148 valence electrons. The molecule has 4 heterocycles. The highest BCUT2D eigenvalue weighted by molar-refractivity contribution is 5.75. The van der Waals surface area contributed by atoms with E-state index in [4.69, 9.17) is 4.74 Å². The van der Waals surface area contributed by atoms with Crippen molar-refractivity contribution in [1.29, 1.82) is 0 Å². The lowest BCUT2D eigenvalue weighted by Gasteiger charge is -2.29. The van der Waals surface area contributed by atoms with Gasteiger partial charge in [0.2, 0.25) is 5.91 Å². The summed E-state index contributed by atoms with van der Waals surface area (Å²) in [5.41, 5.74) is 2.32. The lowest BCUT2D eigenvalue weighted by molar-refractivity contribution is -0.121. The van der Waals surface area contributed by atoms with Crippen LogP contribution in [0, 0.1) is 31.6 Å². The van der Waals surface area contributed by atoms with Crippen molar-refractivity contribution in [2.24, 2.45) is 17.8 Å². The third-order valence-electron chi connectivity index (χ3n) is 6.90. The number of hydrogen-bond donors (Lipinski definition) is 1. The summed E-state index contributed by atoms with van der Waals surface area (Å²) in [7, 11) is 0. The summed E-state index contributed by atoms with van der Waals surface area (Å²) in [5.74, 6) is 2.60. The van der Waals surface area contributed by atoms with E-state index in [1.165, 1.54) is 11.1 Å². The zero-order valence-electron chi connectivity index (χ0n) is 17.0. The predicted molar refractivity (Wildman–Crippen MR) is 105 cm³/mol. The average molecular weight is 373 g/mol. The standard InChI is InChI=1S/C21H32N4O2/c1-13(2)5-6-19(26)22-10-16-17-11-25(12-21(17)8-7-18(16)27-21)20-15(4)14(3)9-23-24-20/h9,13,16-18H,5-8,10-12H2,1-4H3,(H,22,26)/t16-,17+,18+,21+/m0/s1.